The maximum Gasteiger partial charge on any atom is 0.224 e. The first-order valence-electron chi connectivity index (χ1n) is 13.3. The van der Waals surface area contributed by atoms with Crippen LogP contribution in [-0.4, -0.2) is 42.4 Å². The molecule has 1 amide bonds. The Labute approximate surface area is 226 Å². The number of carbonyl (C=O) groups is 2. The van der Waals surface area contributed by atoms with Crippen LogP contribution in [0.4, 0.5) is 5.69 Å². The quantitative estimate of drug-likeness (QED) is 0.163. The van der Waals surface area contributed by atoms with Gasteiger partial charge in [0.2, 0.25) is 11.7 Å². The van der Waals surface area contributed by atoms with Crippen molar-refractivity contribution in [2.24, 2.45) is 0 Å². The predicted octanol–water partition coefficient (Wildman–Crippen LogP) is 5.58. The smallest absolute Gasteiger partial charge is 0.224 e. The molecule has 5 rings (SSSR count). The summed E-state index contributed by atoms with van der Waals surface area (Å²) in [5.74, 6) is 1.50. The number of imidazole rings is 1. The minimum absolute atomic E-state index is 0.0924. The van der Waals surface area contributed by atoms with Crippen molar-refractivity contribution in [3.05, 3.63) is 78.1 Å². The normalized spacial score (nSPS) is 11.1. The van der Waals surface area contributed by atoms with E-state index in [1.54, 1.807) is 0 Å². The maximum atomic E-state index is 12.3. The fourth-order valence-electron chi connectivity index (χ4n) is 4.70. The van der Waals surface area contributed by atoms with E-state index in [1.807, 2.05) is 36.4 Å². The average Bonchev–Trinajstić information content (AvgIpc) is 3.61. The van der Waals surface area contributed by atoms with Gasteiger partial charge in [-0.3, -0.25) is 4.79 Å². The summed E-state index contributed by atoms with van der Waals surface area (Å²) in [6, 6.07) is 22.4. The highest BCUT2D eigenvalue weighted by atomic mass is 16.1. The van der Waals surface area contributed by atoms with Crippen molar-refractivity contribution in [2.75, 3.05) is 5.32 Å². The summed E-state index contributed by atoms with van der Waals surface area (Å²) in [5.41, 5.74) is 6.80. The Morgan fingerprint density at radius 1 is 1.03 bits per heavy atom. The van der Waals surface area contributed by atoms with Crippen LogP contribution in [0.1, 0.15) is 50.4 Å². The molecule has 0 saturated heterocycles. The number of unbranched alkanes of at least 4 members (excludes halogenated alkanes) is 2. The largest absolute Gasteiger partial charge is 0.326 e. The minimum atomic E-state index is -0.0924. The van der Waals surface area contributed by atoms with Crippen LogP contribution in [-0.2, 0) is 22.6 Å². The maximum absolute atomic E-state index is 12.3. The topological polar surface area (TPSA) is 118 Å². The zero-order valence-corrected chi connectivity index (χ0v) is 21.9. The zero-order chi connectivity index (χ0) is 27.0. The number of carbonyl (C=O) groups excluding carboxylic acids is 2. The summed E-state index contributed by atoms with van der Waals surface area (Å²) in [4.78, 5) is 27.8. The molecule has 2 N–H and O–H groups in total. The van der Waals surface area contributed by atoms with Crippen LogP contribution in [0.15, 0.2) is 66.7 Å². The van der Waals surface area contributed by atoms with Crippen molar-refractivity contribution < 1.29 is 9.59 Å². The van der Waals surface area contributed by atoms with E-state index >= 15 is 0 Å². The van der Waals surface area contributed by atoms with Crippen LogP contribution in [0.5, 0.6) is 0 Å². The Balaban J connectivity index is 1.42. The number of aryl methyl sites for hydroxylation is 1. The number of hydrogen-bond acceptors (Lipinski definition) is 6. The highest BCUT2D eigenvalue weighted by Crippen LogP contribution is 2.30. The van der Waals surface area contributed by atoms with Gasteiger partial charge in [0.1, 0.15) is 12.1 Å². The molecule has 198 valence electrons. The minimum Gasteiger partial charge on any atom is -0.326 e. The van der Waals surface area contributed by atoms with E-state index < -0.39 is 0 Å². The standard InChI is InChI=1S/C30H31N7O2/c1-2-3-10-28-32-26-17-16-23(31-29(39)11-6-7-18-38)19-27(26)37(28)20-21-12-14-22(15-13-21)24-8-4-5-9-25(24)30-33-35-36-34-30/h4-5,8-9,12-19H,2-3,6-7,10-11,20H2,1H3,(H,31,39)(H,33,34,35,36). The van der Waals surface area contributed by atoms with Gasteiger partial charge in [-0.2, -0.15) is 5.21 Å². The molecule has 9 heteroatoms. The van der Waals surface area contributed by atoms with E-state index in [0.29, 0.717) is 31.6 Å². The average molecular weight is 522 g/mol. The van der Waals surface area contributed by atoms with E-state index in [1.165, 1.54) is 0 Å². The van der Waals surface area contributed by atoms with Gasteiger partial charge < -0.3 is 14.7 Å². The molecule has 0 atom stereocenters. The first-order chi connectivity index (χ1) is 19.2. The molecule has 39 heavy (non-hydrogen) atoms. The molecule has 2 aromatic heterocycles. The van der Waals surface area contributed by atoms with Gasteiger partial charge in [-0.15, -0.1) is 10.2 Å². The molecule has 9 nitrogen and oxygen atoms in total. The van der Waals surface area contributed by atoms with E-state index in [4.69, 9.17) is 4.98 Å². The highest BCUT2D eigenvalue weighted by molar-refractivity contribution is 5.93. The molecule has 3 aromatic carbocycles. The van der Waals surface area contributed by atoms with Crippen molar-refractivity contribution in [1.82, 2.24) is 30.2 Å². The van der Waals surface area contributed by atoms with Crippen molar-refractivity contribution in [3.63, 3.8) is 0 Å². The summed E-state index contributed by atoms with van der Waals surface area (Å²) in [6.45, 7) is 2.84. The van der Waals surface area contributed by atoms with E-state index in [0.717, 1.165) is 70.3 Å². The van der Waals surface area contributed by atoms with Gasteiger partial charge in [0.25, 0.3) is 0 Å². The second-order valence-corrected chi connectivity index (χ2v) is 9.51. The summed E-state index contributed by atoms with van der Waals surface area (Å²) < 4.78 is 2.25. The molecular formula is C30H31N7O2. The lowest BCUT2D eigenvalue weighted by Gasteiger charge is -2.12. The number of amides is 1. The monoisotopic (exact) mass is 521 g/mol. The fourth-order valence-corrected chi connectivity index (χ4v) is 4.70. The Hall–Kier alpha value is -4.66. The van der Waals surface area contributed by atoms with Crippen LogP contribution in [0.3, 0.4) is 0 Å². The Kier molecular flexibility index (Phi) is 8.16. The number of anilines is 1. The van der Waals surface area contributed by atoms with Gasteiger partial charge in [0.15, 0.2) is 0 Å². The lowest BCUT2D eigenvalue weighted by atomic mass is 9.98. The first-order valence-corrected chi connectivity index (χ1v) is 13.3. The lowest BCUT2D eigenvalue weighted by Crippen LogP contribution is -2.11. The van der Waals surface area contributed by atoms with E-state index in [9.17, 15) is 9.59 Å². The zero-order valence-electron chi connectivity index (χ0n) is 21.9. The van der Waals surface area contributed by atoms with Gasteiger partial charge in [-0.1, -0.05) is 61.9 Å². The molecule has 0 aliphatic rings. The fraction of sp³-hybridized carbons (Fsp3) is 0.267. The Morgan fingerprint density at radius 2 is 1.85 bits per heavy atom. The summed E-state index contributed by atoms with van der Waals surface area (Å²) >= 11 is 0. The number of fused-ring (bicyclic) bond motifs is 1. The molecule has 5 aromatic rings. The lowest BCUT2D eigenvalue weighted by molar-refractivity contribution is -0.116. The molecule has 0 aliphatic carbocycles. The van der Waals surface area contributed by atoms with Crippen molar-refractivity contribution in [1.29, 1.82) is 0 Å². The molecule has 0 fully saturated rings. The summed E-state index contributed by atoms with van der Waals surface area (Å²) in [6.07, 6.45) is 5.12. The number of hydrogen-bond donors (Lipinski definition) is 2. The van der Waals surface area contributed by atoms with Crippen molar-refractivity contribution in [3.8, 4) is 22.5 Å². The van der Waals surface area contributed by atoms with Crippen molar-refractivity contribution >= 4 is 28.9 Å². The van der Waals surface area contributed by atoms with Gasteiger partial charge in [0.05, 0.1) is 11.0 Å². The molecule has 0 saturated carbocycles. The van der Waals surface area contributed by atoms with Crippen LogP contribution in [0.2, 0.25) is 0 Å². The predicted molar refractivity (Wildman–Crippen MR) is 151 cm³/mol. The molecular weight excluding hydrogens is 490 g/mol. The number of aldehydes is 1. The Morgan fingerprint density at radius 3 is 2.59 bits per heavy atom. The number of rotatable bonds is 12. The number of aromatic amines is 1. The molecule has 0 spiro atoms. The molecule has 0 unspecified atom stereocenters. The third-order valence-electron chi connectivity index (χ3n) is 6.71. The van der Waals surface area contributed by atoms with Crippen LogP contribution in [0.25, 0.3) is 33.5 Å². The number of tetrazole rings is 1. The van der Waals surface area contributed by atoms with Crippen molar-refractivity contribution in [2.45, 2.75) is 52.0 Å². The molecule has 0 radical (unpaired) electrons. The van der Waals surface area contributed by atoms with Crippen LogP contribution < -0.4 is 5.32 Å². The molecule has 0 aliphatic heterocycles. The number of aromatic nitrogens is 6. The van der Waals surface area contributed by atoms with Gasteiger partial charge >= 0.3 is 0 Å². The van der Waals surface area contributed by atoms with E-state index in [-0.39, 0.29) is 5.91 Å². The third kappa shape index (κ3) is 6.09. The van der Waals surface area contributed by atoms with Gasteiger partial charge in [-0.05, 0) is 52.9 Å². The molecule has 0 bridgehead atoms. The number of benzene rings is 3. The highest BCUT2D eigenvalue weighted by Gasteiger charge is 2.14. The number of nitrogens with zero attached hydrogens (tertiary/aromatic N) is 5. The van der Waals surface area contributed by atoms with Crippen LogP contribution in [0, 0.1) is 0 Å². The Bertz CT molecular complexity index is 1560. The van der Waals surface area contributed by atoms with Crippen LogP contribution >= 0.6 is 0 Å². The second-order valence-electron chi connectivity index (χ2n) is 9.51. The molecule has 2 heterocycles. The SMILES string of the molecule is CCCCc1nc2ccc(NC(=O)CCCC=O)cc2n1Cc1ccc(-c2ccccc2-c2nn[nH]n2)cc1. The van der Waals surface area contributed by atoms with Gasteiger partial charge in [-0.25, -0.2) is 4.98 Å². The second kappa shape index (κ2) is 12.3. The van der Waals surface area contributed by atoms with Gasteiger partial charge in [0, 0.05) is 37.1 Å². The summed E-state index contributed by atoms with van der Waals surface area (Å²) in [7, 11) is 0. The number of H-pyrrole nitrogens is 1. The summed E-state index contributed by atoms with van der Waals surface area (Å²) in [5, 5.41) is 17.5. The third-order valence-corrected chi connectivity index (χ3v) is 6.71. The number of nitrogens with one attached hydrogen (secondary N) is 2. The first kappa shape index (κ1) is 26.0. The van der Waals surface area contributed by atoms with E-state index in [2.05, 4.69) is 67.8 Å².